The lowest BCUT2D eigenvalue weighted by Gasteiger charge is -2.31. The summed E-state index contributed by atoms with van der Waals surface area (Å²) in [6, 6.07) is 4.39. The fraction of sp³-hybridized carbons (Fsp3) is 0.556. The summed E-state index contributed by atoms with van der Waals surface area (Å²) in [4.78, 5) is 18.7. The lowest BCUT2D eigenvalue weighted by Crippen LogP contribution is -2.34. The van der Waals surface area contributed by atoms with E-state index in [0.29, 0.717) is 24.2 Å². The molecule has 7 nitrogen and oxygen atoms in total. The van der Waals surface area contributed by atoms with Crippen molar-refractivity contribution in [2.75, 3.05) is 19.6 Å². The molecule has 1 aliphatic heterocycles. The molecule has 1 saturated heterocycles. The predicted octanol–water partition coefficient (Wildman–Crippen LogP) is 1.90. The number of carbonyl (C=O) groups is 1. The summed E-state index contributed by atoms with van der Waals surface area (Å²) in [5.41, 5.74) is 1.64. The lowest BCUT2D eigenvalue weighted by molar-refractivity contribution is 0.0944. The minimum Gasteiger partial charge on any atom is -0.350 e. The Morgan fingerprint density at radius 3 is 2.84 bits per heavy atom. The summed E-state index contributed by atoms with van der Waals surface area (Å²) in [7, 11) is 0. The van der Waals surface area contributed by atoms with Gasteiger partial charge in [-0.15, -0.1) is 5.10 Å². The second kappa shape index (κ2) is 8.20. The molecule has 3 heterocycles. The smallest absolute Gasteiger partial charge is 0.273 e. The van der Waals surface area contributed by atoms with Crippen molar-refractivity contribution in [1.29, 1.82) is 0 Å². The minimum absolute atomic E-state index is 0.144. The van der Waals surface area contributed by atoms with Gasteiger partial charge in [0.15, 0.2) is 5.69 Å². The van der Waals surface area contributed by atoms with Crippen molar-refractivity contribution in [1.82, 2.24) is 30.2 Å². The number of hydrogen-bond donors (Lipinski definition) is 1. The summed E-state index contributed by atoms with van der Waals surface area (Å²) in [5.74, 6) is 0.275. The van der Waals surface area contributed by atoms with Gasteiger partial charge in [-0.05, 0) is 30.4 Å². The number of carbonyl (C=O) groups excluding carboxylic acids is 1. The molecule has 0 aliphatic carbocycles. The van der Waals surface area contributed by atoms with Gasteiger partial charge in [-0.25, -0.2) is 4.68 Å². The molecule has 134 valence electrons. The molecule has 0 radical (unpaired) electrons. The highest BCUT2D eigenvalue weighted by Gasteiger charge is 2.22. The number of aromatic nitrogens is 4. The molecule has 0 unspecified atom stereocenters. The molecule has 3 rings (SSSR count). The van der Waals surface area contributed by atoms with Crippen LogP contribution in [0.15, 0.2) is 30.7 Å². The number of amides is 1. The molecule has 1 fully saturated rings. The SMILES string of the molecule is CC(C)CNC(=O)c1cn(C2CCN(Cc3cccnc3)CC2)nn1. The van der Waals surface area contributed by atoms with E-state index in [-0.39, 0.29) is 5.91 Å². The van der Waals surface area contributed by atoms with Crippen LogP contribution in [0.4, 0.5) is 0 Å². The van der Waals surface area contributed by atoms with E-state index in [9.17, 15) is 4.79 Å². The zero-order chi connectivity index (χ0) is 17.6. The molecule has 0 saturated carbocycles. The van der Waals surface area contributed by atoms with E-state index in [1.165, 1.54) is 5.56 Å². The van der Waals surface area contributed by atoms with Gasteiger partial charge in [-0.2, -0.15) is 0 Å². The summed E-state index contributed by atoms with van der Waals surface area (Å²) >= 11 is 0. The first kappa shape index (κ1) is 17.5. The summed E-state index contributed by atoms with van der Waals surface area (Å²) < 4.78 is 1.85. The molecule has 25 heavy (non-hydrogen) atoms. The van der Waals surface area contributed by atoms with Gasteiger partial charge >= 0.3 is 0 Å². The second-order valence-corrected chi connectivity index (χ2v) is 7.06. The minimum atomic E-state index is -0.144. The van der Waals surface area contributed by atoms with Crippen molar-refractivity contribution in [2.24, 2.45) is 5.92 Å². The average molecular weight is 342 g/mol. The number of likely N-dealkylation sites (tertiary alicyclic amines) is 1. The molecule has 1 aliphatic rings. The predicted molar refractivity (Wildman–Crippen MR) is 95.0 cm³/mol. The summed E-state index contributed by atoms with van der Waals surface area (Å²) in [5, 5.41) is 11.1. The first-order chi connectivity index (χ1) is 12.1. The van der Waals surface area contributed by atoms with E-state index in [2.05, 4.69) is 45.4 Å². The zero-order valence-corrected chi connectivity index (χ0v) is 14.9. The molecule has 0 spiro atoms. The third kappa shape index (κ3) is 4.85. The average Bonchev–Trinajstić information content (AvgIpc) is 3.11. The molecule has 0 aromatic carbocycles. The quantitative estimate of drug-likeness (QED) is 0.868. The van der Waals surface area contributed by atoms with Crippen molar-refractivity contribution >= 4 is 5.91 Å². The molecular formula is C18H26N6O. The Balaban J connectivity index is 1.50. The fourth-order valence-electron chi connectivity index (χ4n) is 3.04. The van der Waals surface area contributed by atoms with Gasteiger partial charge in [-0.3, -0.25) is 14.7 Å². The number of pyridine rings is 1. The summed E-state index contributed by atoms with van der Waals surface area (Å²) in [6.45, 7) is 7.73. The molecule has 7 heteroatoms. The van der Waals surface area contributed by atoms with Gasteiger partial charge in [0, 0.05) is 38.6 Å². The van der Waals surface area contributed by atoms with Crippen LogP contribution >= 0.6 is 0 Å². The highest BCUT2D eigenvalue weighted by atomic mass is 16.2. The van der Waals surface area contributed by atoms with Crippen LogP contribution in [0.2, 0.25) is 0 Å². The lowest BCUT2D eigenvalue weighted by atomic mass is 10.0. The molecule has 2 aromatic rings. The monoisotopic (exact) mass is 342 g/mol. The van der Waals surface area contributed by atoms with Crippen LogP contribution in [0.25, 0.3) is 0 Å². The van der Waals surface area contributed by atoms with E-state index in [1.54, 1.807) is 12.4 Å². The van der Waals surface area contributed by atoms with Crippen molar-refractivity contribution in [2.45, 2.75) is 39.3 Å². The standard InChI is InChI=1S/C18H26N6O/c1-14(2)10-20-18(25)17-13-24(22-21-17)16-5-8-23(9-6-16)12-15-4-3-7-19-11-15/h3-4,7,11,13-14,16H,5-6,8-10,12H2,1-2H3,(H,20,25). The molecular weight excluding hydrogens is 316 g/mol. The molecule has 1 N–H and O–H groups in total. The fourth-order valence-corrected chi connectivity index (χ4v) is 3.04. The van der Waals surface area contributed by atoms with Crippen LogP contribution in [0.3, 0.4) is 0 Å². The maximum Gasteiger partial charge on any atom is 0.273 e. The Bertz CT molecular complexity index is 676. The largest absolute Gasteiger partial charge is 0.350 e. The van der Waals surface area contributed by atoms with Gasteiger partial charge in [0.25, 0.3) is 5.91 Å². The third-order valence-corrected chi connectivity index (χ3v) is 4.47. The molecule has 1 amide bonds. The Morgan fingerprint density at radius 2 is 2.16 bits per heavy atom. The van der Waals surface area contributed by atoms with Crippen LogP contribution in [0, 0.1) is 5.92 Å². The van der Waals surface area contributed by atoms with E-state index < -0.39 is 0 Å². The van der Waals surface area contributed by atoms with Crippen LogP contribution in [0.1, 0.15) is 48.8 Å². The highest BCUT2D eigenvalue weighted by Crippen LogP contribution is 2.22. The first-order valence-corrected chi connectivity index (χ1v) is 8.93. The van der Waals surface area contributed by atoms with Gasteiger partial charge in [0.2, 0.25) is 0 Å². The van der Waals surface area contributed by atoms with Crippen LogP contribution < -0.4 is 5.32 Å². The van der Waals surface area contributed by atoms with Gasteiger partial charge in [0.1, 0.15) is 0 Å². The van der Waals surface area contributed by atoms with E-state index >= 15 is 0 Å². The van der Waals surface area contributed by atoms with Crippen molar-refractivity contribution in [3.63, 3.8) is 0 Å². The van der Waals surface area contributed by atoms with E-state index in [1.807, 2.05) is 16.9 Å². The second-order valence-electron chi connectivity index (χ2n) is 7.06. The Kier molecular flexibility index (Phi) is 5.75. The molecule has 0 atom stereocenters. The van der Waals surface area contributed by atoms with E-state index in [0.717, 1.165) is 32.5 Å². The molecule has 0 bridgehead atoms. The summed E-state index contributed by atoms with van der Waals surface area (Å²) in [6.07, 6.45) is 7.52. The number of rotatable bonds is 6. The van der Waals surface area contributed by atoms with Crippen molar-refractivity contribution in [3.8, 4) is 0 Å². The normalized spacial score (nSPS) is 16.3. The maximum atomic E-state index is 12.1. The molecule has 2 aromatic heterocycles. The van der Waals surface area contributed by atoms with Gasteiger partial charge < -0.3 is 5.32 Å². The van der Waals surface area contributed by atoms with Crippen LogP contribution in [0.5, 0.6) is 0 Å². The van der Waals surface area contributed by atoms with Crippen LogP contribution in [-0.2, 0) is 6.54 Å². The number of hydrogen-bond acceptors (Lipinski definition) is 5. The highest BCUT2D eigenvalue weighted by molar-refractivity contribution is 5.91. The number of nitrogens with one attached hydrogen (secondary N) is 1. The number of piperidine rings is 1. The van der Waals surface area contributed by atoms with Crippen molar-refractivity contribution < 1.29 is 4.79 Å². The Morgan fingerprint density at radius 1 is 1.36 bits per heavy atom. The van der Waals surface area contributed by atoms with Gasteiger partial charge in [-0.1, -0.05) is 25.1 Å². The zero-order valence-electron chi connectivity index (χ0n) is 14.9. The van der Waals surface area contributed by atoms with Gasteiger partial charge in [0.05, 0.1) is 12.2 Å². The van der Waals surface area contributed by atoms with Crippen LogP contribution in [-0.4, -0.2) is 50.4 Å². The topological polar surface area (TPSA) is 75.9 Å². The number of nitrogens with zero attached hydrogens (tertiary/aromatic N) is 5. The Labute approximate surface area is 148 Å². The van der Waals surface area contributed by atoms with Crippen molar-refractivity contribution in [3.05, 3.63) is 42.0 Å². The van der Waals surface area contributed by atoms with E-state index in [4.69, 9.17) is 0 Å². The first-order valence-electron chi connectivity index (χ1n) is 8.93. The Hall–Kier alpha value is -2.28. The maximum absolute atomic E-state index is 12.1. The third-order valence-electron chi connectivity index (χ3n) is 4.47.